The summed E-state index contributed by atoms with van der Waals surface area (Å²) in [6.07, 6.45) is 1.02. The van der Waals surface area contributed by atoms with Crippen LogP contribution in [0, 0.1) is 5.92 Å². The van der Waals surface area contributed by atoms with Gasteiger partial charge in [0.15, 0.2) is 5.11 Å². The number of hydrazine groups is 1. The van der Waals surface area contributed by atoms with Gasteiger partial charge in [-0.1, -0.05) is 13.8 Å². The van der Waals surface area contributed by atoms with E-state index in [-0.39, 0.29) is 5.91 Å². The van der Waals surface area contributed by atoms with Crippen LogP contribution in [-0.2, 0) is 0 Å². The van der Waals surface area contributed by atoms with Gasteiger partial charge in [0, 0.05) is 12.1 Å². The van der Waals surface area contributed by atoms with E-state index in [0.717, 1.165) is 17.4 Å². The predicted octanol–water partition coefficient (Wildman–Crippen LogP) is 2.61. The smallest absolute Gasteiger partial charge is 0.269 e. The lowest BCUT2D eigenvalue weighted by Crippen LogP contribution is -2.47. The van der Waals surface area contributed by atoms with Crippen LogP contribution in [0.2, 0.25) is 0 Å². The number of nitrogens with one attached hydrogen (secondary N) is 3. The molecule has 116 valence electrons. The number of halogens is 1. The summed E-state index contributed by atoms with van der Waals surface area (Å²) in [6, 6.07) is 5.08. The highest BCUT2D eigenvalue weighted by molar-refractivity contribution is 9.10. The number of thiocarbonyl (C=S) groups is 1. The van der Waals surface area contributed by atoms with E-state index in [2.05, 4.69) is 45.9 Å². The number of methoxy groups -OCH3 is 1. The molecule has 3 N–H and O–H groups in total. The molecule has 0 saturated heterocycles. The Morgan fingerprint density at radius 1 is 1.38 bits per heavy atom. The van der Waals surface area contributed by atoms with Crippen LogP contribution in [0.5, 0.6) is 5.75 Å². The van der Waals surface area contributed by atoms with Crippen molar-refractivity contribution in [2.75, 3.05) is 13.7 Å². The van der Waals surface area contributed by atoms with Crippen LogP contribution in [-0.4, -0.2) is 24.7 Å². The topological polar surface area (TPSA) is 62.4 Å². The van der Waals surface area contributed by atoms with Gasteiger partial charge in [-0.05, 0) is 58.7 Å². The number of amides is 1. The van der Waals surface area contributed by atoms with Gasteiger partial charge in [0.25, 0.3) is 5.91 Å². The third kappa shape index (κ3) is 6.31. The van der Waals surface area contributed by atoms with Crippen molar-refractivity contribution in [1.29, 1.82) is 0 Å². The number of carbonyl (C=O) groups is 1. The number of hydrogen-bond donors (Lipinski definition) is 3. The van der Waals surface area contributed by atoms with Crippen molar-refractivity contribution in [2.45, 2.75) is 20.3 Å². The van der Waals surface area contributed by atoms with Crippen molar-refractivity contribution in [3.05, 3.63) is 28.2 Å². The first-order valence-electron chi connectivity index (χ1n) is 6.61. The van der Waals surface area contributed by atoms with Gasteiger partial charge in [-0.2, -0.15) is 0 Å². The normalized spacial score (nSPS) is 10.1. The summed E-state index contributed by atoms with van der Waals surface area (Å²) in [6.45, 7) is 5.05. The van der Waals surface area contributed by atoms with E-state index in [1.807, 2.05) is 0 Å². The van der Waals surface area contributed by atoms with Gasteiger partial charge in [0.05, 0.1) is 11.6 Å². The SMILES string of the molecule is COc1ccc(C(=O)NNC(=S)NCCC(C)C)cc1Br. The molecule has 0 spiro atoms. The summed E-state index contributed by atoms with van der Waals surface area (Å²) < 4.78 is 5.83. The zero-order chi connectivity index (χ0) is 15.8. The monoisotopic (exact) mass is 373 g/mol. The molecule has 0 bridgehead atoms. The molecule has 0 saturated carbocycles. The standard InChI is InChI=1S/C14H20BrN3O2S/c1-9(2)6-7-16-14(21)18-17-13(19)10-4-5-12(20-3)11(15)8-10/h4-5,8-9H,6-7H2,1-3H3,(H,17,19)(H2,16,18,21). The minimum Gasteiger partial charge on any atom is -0.496 e. The molecular formula is C14H20BrN3O2S. The van der Waals surface area contributed by atoms with Gasteiger partial charge in [0.1, 0.15) is 5.75 Å². The van der Waals surface area contributed by atoms with Crippen LogP contribution in [0.15, 0.2) is 22.7 Å². The number of benzene rings is 1. The molecule has 5 nitrogen and oxygen atoms in total. The van der Waals surface area contributed by atoms with E-state index in [1.165, 1.54) is 0 Å². The molecule has 21 heavy (non-hydrogen) atoms. The molecule has 0 radical (unpaired) electrons. The number of ether oxygens (including phenoxy) is 1. The summed E-state index contributed by atoms with van der Waals surface area (Å²) in [5, 5.41) is 3.43. The molecule has 0 unspecified atom stereocenters. The lowest BCUT2D eigenvalue weighted by Gasteiger charge is -2.13. The average Bonchev–Trinajstić information content (AvgIpc) is 2.44. The molecule has 0 aliphatic rings. The van der Waals surface area contributed by atoms with Gasteiger partial charge in [0.2, 0.25) is 0 Å². The molecule has 1 rings (SSSR count). The van der Waals surface area contributed by atoms with Crippen molar-refractivity contribution < 1.29 is 9.53 Å². The first kappa shape index (κ1) is 17.7. The van der Waals surface area contributed by atoms with Crippen LogP contribution < -0.4 is 20.9 Å². The van der Waals surface area contributed by atoms with E-state index >= 15 is 0 Å². The van der Waals surface area contributed by atoms with Gasteiger partial charge >= 0.3 is 0 Å². The summed E-state index contributed by atoms with van der Waals surface area (Å²) >= 11 is 8.41. The highest BCUT2D eigenvalue weighted by Gasteiger charge is 2.09. The van der Waals surface area contributed by atoms with Crippen LogP contribution in [0.25, 0.3) is 0 Å². The van der Waals surface area contributed by atoms with Gasteiger partial charge in [-0.25, -0.2) is 0 Å². The quantitative estimate of drug-likeness (QED) is 0.546. The summed E-state index contributed by atoms with van der Waals surface area (Å²) in [5.41, 5.74) is 5.72. The highest BCUT2D eigenvalue weighted by Crippen LogP contribution is 2.25. The first-order chi connectivity index (χ1) is 9.93. The number of carbonyl (C=O) groups excluding carboxylic acids is 1. The first-order valence-corrected chi connectivity index (χ1v) is 7.82. The molecular weight excluding hydrogens is 354 g/mol. The Hall–Kier alpha value is -1.34. The summed E-state index contributed by atoms with van der Waals surface area (Å²) in [4.78, 5) is 12.0. The minimum atomic E-state index is -0.272. The molecule has 0 aromatic heterocycles. The molecule has 1 aromatic rings. The van der Waals surface area contributed by atoms with Crippen LogP contribution >= 0.6 is 28.1 Å². The second-order valence-corrected chi connectivity index (χ2v) is 6.13. The predicted molar refractivity (Wildman–Crippen MR) is 91.4 cm³/mol. The Kier molecular flexibility index (Phi) is 7.45. The molecule has 0 atom stereocenters. The fourth-order valence-electron chi connectivity index (χ4n) is 1.51. The second-order valence-electron chi connectivity index (χ2n) is 4.87. The Morgan fingerprint density at radius 2 is 2.10 bits per heavy atom. The van der Waals surface area contributed by atoms with Gasteiger partial charge in [-0.15, -0.1) is 0 Å². The summed E-state index contributed by atoms with van der Waals surface area (Å²) in [5.74, 6) is 1.00. The van der Waals surface area contributed by atoms with Crippen LogP contribution in [0.1, 0.15) is 30.6 Å². The van der Waals surface area contributed by atoms with E-state index in [4.69, 9.17) is 17.0 Å². The zero-order valence-electron chi connectivity index (χ0n) is 12.3. The van der Waals surface area contributed by atoms with Crippen LogP contribution in [0.3, 0.4) is 0 Å². The average molecular weight is 374 g/mol. The summed E-state index contributed by atoms with van der Waals surface area (Å²) in [7, 11) is 1.57. The Balaban J connectivity index is 2.43. The van der Waals surface area contributed by atoms with Crippen molar-refractivity contribution in [2.24, 2.45) is 5.92 Å². The Morgan fingerprint density at radius 3 is 2.67 bits per heavy atom. The fourth-order valence-corrected chi connectivity index (χ4v) is 2.21. The lowest BCUT2D eigenvalue weighted by atomic mass is 10.1. The van der Waals surface area contributed by atoms with E-state index < -0.39 is 0 Å². The number of hydrogen-bond acceptors (Lipinski definition) is 3. The van der Waals surface area contributed by atoms with E-state index in [0.29, 0.717) is 22.3 Å². The molecule has 1 amide bonds. The maximum Gasteiger partial charge on any atom is 0.269 e. The molecule has 0 heterocycles. The molecule has 0 aliphatic carbocycles. The maximum atomic E-state index is 12.0. The molecule has 0 fully saturated rings. The van der Waals surface area contributed by atoms with Crippen molar-refractivity contribution in [3.63, 3.8) is 0 Å². The van der Waals surface area contributed by atoms with Crippen LogP contribution in [0.4, 0.5) is 0 Å². The maximum absolute atomic E-state index is 12.0. The largest absolute Gasteiger partial charge is 0.496 e. The lowest BCUT2D eigenvalue weighted by molar-refractivity contribution is 0.0943. The van der Waals surface area contributed by atoms with Gasteiger partial charge in [-0.3, -0.25) is 15.6 Å². The molecule has 7 heteroatoms. The van der Waals surface area contributed by atoms with E-state index in [9.17, 15) is 4.79 Å². The van der Waals surface area contributed by atoms with Crippen molar-refractivity contribution in [3.8, 4) is 5.75 Å². The highest BCUT2D eigenvalue weighted by atomic mass is 79.9. The number of rotatable bonds is 5. The zero-order valence-corrected chi connectivity index (χ0v) is 14.7. The fraction of sp³-hybridized carbons (Fsp3) is 0.429. The third-order valence-electron chi connectivity index (χ3n) is 2.71. The Bertz CT molecular complexity index is 509. The molecule has 0 aliphatic heterocycles. The van der Waals surface area contributed by atoms with Crippen molar-refractivity contribution >= 4 is 39.2 Å². The van der Waals surface area contributed by atoms with E-state index in [1.54, 1.807) is 25.3 Å². The van der Waals surface area contributed by atoms with Crippen molar-refractivity contribution in [1.82, 2.24) is 16.2 Å². The van der Waals surface area contributed by atoms with Gasteiger partial charge < -0.3 is 10.1 Å². The third-order valence-corrected chi connectivity index (χ3v) is 3.58. The Labute approximate surface area is 138 Å². The molecule has 1 aromatic carbocycles. The minimum absolute atomic E-state index is 0.272. The second kappa shape index (κ2) is 8.84.